The second-order valence-corrected chi connectivity index (χ2v) is 5.97. The number of rotatable bonds is 6. The molecule has 0 radical (unpaired) electrons. The molecule has 0 aliphatic rings. The fourth-order valence-electron chi connectivity index (χ4n) is 2.44. The molecule has 3 aromatic rings. The highest BCUT2D eigenvalue weighted by atomic mass is 35.5. The van der Waals surface area contributed by atoms with Crippen molar-refractivity contribution in [3.63, 3.8) is 0 Å². The van der Waals surface area contributed by atoms with Gasteiger partial charge in [0.1, 0.15) is 17.3 Å². The normalized spacial score (nSPS) is 10.2. The van der Waals surface area contributed by atoms with Crippen LogP contribution in [0, 0.1) is 0 Å². The number of pyridine rings is 1. The second kappa shape index (κ2) is 8.42. The molecule has 0 atom stereocenters. The van der Waals surface area contributed by atoms with Gasteiger partial charge in [-0.05, 0) is 42.5 Å². The Balaban J connectivity index is 1.69. The van der Waals surface area contributed by atoms with E-state index in [4.69, 9.17) is 21.1 Å². The highest BCUT2D eigenvalue weighted by molar-refractivity contribution is 6.32. The predicted octanol–water partition coefficient (Wildman–Crippen LogP) is 4.75. The van der Waals surface area contributed by atoms with Gasteiger partial charge in [-0.1, -0.05) is 23.7 Å². The molecule has 0 aliphatic carbocycles. The number of ether oxygens (including phenoxy) is 2. The van der Waals surface area contributed by atoms with Gasteiger partial charge < -0.3 is 20.1 Å². The third kappa shape index (κ3) is 4.48. The van der Waals surface area contributed by atoms with Crippen molar-refractivity contribution in [3.8, 4) is 11.5 Å². The minimum atomic E-state index is -0.285. The van der Waals surface area contributed by atoms with Crippen molar-refractivity contribution in [1.29, 1.82) is 0 Å². The Morgan fingerprint density at radius 3 is 2.44 bits per heavy atom. The van der Waals surface area contributed by atoms with Gasteiger partial charge in [-0.25, -0.2) is 4.98 Å². The number of hydrogen-bond donors (Lipinski definition) is 2. The lowest BCUT2D eigenvalue weighted by Gasteiger charge is -2.11. The summed E-state index contributed by atoms with van der Waals surface area (Å²) in [5, 5.41) is 6.36. The first-order chi connectivity index (χ1) is 13.1. The molecule has 7 heteroatoms. The number of nitrogens with one attached hydrogen (secondary N) is 2. The molecule has 1 amide bonds. The van der Waals surface area contributed by atoms with Gasteiger partial charge in [-0.15, -0.1) is 0 Å². The first-order valence-electron chi connectivity index (χ1n) is 8.11. The van der Waals surface area contributed by atoms with Crippen LogP contribution in [0.2, 0.25) is 5.02 Å². The predicted molar refractivity (Wildman–Crippen MR) is 106 cm³/mol. The summed E-state index contributed by atoms with van der Waals surface area (Å²) < 4.78 is 10.4. The van der Waals surface area contributed by atoms with E-state index in [2.05, 4.69) is 15.6 Å². The van der Waals surface area contributed by atoms with Gasteiger partial charge in [0, 0.05) is 11.9 Å². The van der Waals surface area contributed by atoms with Gasteiger partial charge in [0.05, 0.1) is 30.5 Å². The number of carbonyl (C=O) groups excluding carboxylic acids is 1. The summed E-state index contributed by atoms with van der Waals surface area (Å²) in [5.41, 5.74) is 1.78. The molecular formula is C20H18ClN3O3. The smallest absolute Gasteiger partial charge is 0.257 e. The lowest BCUT2D eigenvalue weighted by atomic mass is 10.2. The molecule has 138 valence electrons. The van der Waals surface area contributed by atoms with Crippen LogP contribution in [0.15, 0.2) is 60.8 Å². The molecule has 0 aliphatic heterocycles. The van der Waals surface area contributed by atoms with Crippen molar-refractivity contribution < 1.29 is 14.3 Å². The van der Waals surface area contributed by atoms with Crippen molar-refractivity contribution in [2.24, 2.45) is 0 Å². The van der Waals surface area contributed by atoms with Crippen molar-refractivity contribution in [1.82, 2.24) is 4.98 Å². The Morgan fingerprint density at radius 1 is 1.00 bits per heavy atom. The maximum absolute atomic E-state index is 12.4. The van der Waals surface area contributed by atoms with Crippen LogP contribution >= 0.6 is 11.6 Å². The second-order valence-electron chi connectivity index (χ2n) is 5.56. The number of halogens is 1. The summed E-state index contributed by atoms with van der Waals surface area (Å²) in [4.78, 5) is 16.7. The minimum Gasteiger partial charge on any atom is -0.495 e. The topological polar surface area (TPSA) is 72.5 Å². The first kappa shape index (κ1) is 18.5. The van der Waals surface area contributed by atoms with Crippen molar-refractivity contribution in [2.75, 3.05) is 24.9 Å². The summed E-state index contributed by atoms with van der Waals surface area (Å²) in [5.74, 6) is 1.57. The zero-order valence-corrected chi connectivity index (χ0v) is 15.6. The molecule has 1 heterocycles. The van der Waals surface area contributed by atoms with Crippen LogP contribution in [0.3, 0.4) is 0 Å². The SMILES string of the molecule is COc1ccc(NC(=O)c2ccc(Nc3ccccc3OC)nc2)cc1Cl. The van der Waals surface area contributed by atoms with E-state index in [1.165, 1.54) is 13.3 Å². The number of anilines is 3. The van der Waals surface area contributed by atoms with Gasteiger partial charge in [0.2, 0.25) is 0 Å². The zero-order valence-electron chi connectivity index (χ0n) is 14.8. The number of benzene rings is 2. The van der Waals surface area contributed by atoms with E-state index in [9.17, 15) is 4.79 Å². The number of nitrogens with zero attached hydrogens (tertiary/aromatic N) is 1. The third-order valence-corrected chi connectivity index (χ3v) is 4.10. The lowest BCUT2D eigenvalue weighted by Crippen LogP contribution is -2.12. The van der Waals surface area contributed by atoms with Crippen molar-refractivity contribution in [3.05, 3.63) is 71.4 Å². The zero-order chi connectivity index (χ0) is 19.2. The van der Waals surface area contributed by atoms with Gasteiger partial charge in [-0.3, -0.25) is 4.79 Å². The molecule has 6 nitrogen and oxygen atoms in total. The highest BCUT2D eigenvalue weighted by Crippen LogP contribution is 2.28. The Labute approximate surface area is 162 Å². The Hall–Kier alpha value is -3.25. The molecular weight excluding hydrogens is 366 g/mol. The van der Waals surface area contributed by atoms with Gasteiger partial charge in [0.15, 0.2) is 0 Å². The Morgan fingerprint density at radius 2 is 1.78 bits per heavy atom. The molecule has 0 fully saturated rings. The van der Waals surface area contributed by atoms with Gasteiger partial charge in [0.25, 0.3) is 5.91 Å². The summed E-state index contributed by atoms with van der Waals surface area (Å²) in [6, 6.07) is 16.0. The van der Waals surface area contributed by atoms with E-state index in [0.29, 0.717) is 33.6 Å². The fourth-order valence-corrected chi connectivity index (χ4v) is 2.69. The summed E-state index contributed by atoms with van der Waals surface area (Å²) >= 11 is 6.07. The molecule has 1 aromatic heterocycles. The van der Waals surface area contributed by atoms with Crippen LogP contribution in [0.5, 0.6) is 11.5 Å². The molecule has 0 bridgehead atoms. The van der Waals surface area contributed by atoms with Crippen LogP contribution in [0.4, 0.5) is 17.2 Å². The van der Waals surface area contributed by atoms with Gasteiger partial charge >= 0.3 is 0 Å². The summed E-state index contributed by atoms with van der Waals surface area (Å²) in [7, 11) is 3.14. The number of amides is 1. The molecule has 0 spiro atoms. The van der Waals surface area contributed by atoms with E-state index < -0.39 is 0 Å². The van der Waals surface area contributed by atoms with E-state index in [1.807, 2.05) is 24.3 Å². The lowest BCUT2D eigenvalue weighted by molar-refractivity contribution is 0.102. The average molecular weight is 384 g/mol. The largest absolute Gasteiger partial charge is 0.495 e. The van der Waals surface area contributed by atoms with Gasteiger partial charge in [-0.2, -0.15) is 0 Å². The number of hydrogen-bond acceptors (Lipinski definition) is 5. The monoisotopic (exact) mass is 383 g/mol. The van der Waals surface area contributed by atoms with Crippen LogP contribution in [0.25, 0.3) is 0 Å². The Kier molecular flexibility index (Phi) is 5.78. The number of aromatic nitrogens is 1. The van der Waals surface area contributed by atoms with Crippen molar-refractivity contribution >= 4 is 34.7 Å². The first-order valence-corrected chi connectivity index (χ1v) is 8.49. The number of carbonyl (C=O) groups is 1. The van der Waals surface area contributed by atoms with Crippen molar-refractivity contribution in [2.45, 2.75) is 0 Å². The van der Waals surface area contributed by atoms with Crippen LogP contribution in [-0.2, 0) is 0 Å². The molecule has 3 rings (SSSR count). The highest BCUT2D eigenvalue weighted by Gasteiger charge is 2.09. The molecule has 0 unspecified atom stereocenters. The number of para-hydroxylation sites is 2. The third-order valence-electron chi connectivity index (χ3n) is 3.81. The molecule has 0 saturated carbocycles. The quantitative estimate of drug-likeness (QED) is 0.642. The van der Waals surface area contributed by atoms with E-state index in [0.717, 1.165) is 5.69 Å². The fraction of sp³-hybridized carbons (Fsp3) is 0.100. The summed E-state index contributed by atoms with van der Waals surface area (Å²) in [6.45, 7) is 0. The molecule has 27 heavy (non-hydrogen) atoms. The van der Waals surface area contributed by atoms with Crippen LogP contribution in [0.1, 0.15) is 10.4 Å². The maximum Gasteiger partial charge on any atom is 0.257 e. The minimum absolute atomic E-state index is 0.285. The molecule has 2 aromatic carbocycles. The van der Waals surface area contributed by atoms with E-state index >= 15 is 0 Å². The Bertz CT molecular complexity index is 945. The maximum atomic E-state index is 12.4. The summed E-state index contributed by atoms with van der Waals surface area (Å²) in [6.07, 6.45) is 1.50. The van der Waals surface area contributed by atoms with Crippen LogP contribution < -0.4 is 20.1 Å². The number of methoxy groups -OCH3 is 2. The average Bonchev–Trinajstić information content (AvgIpc) is 2.69. The molecule has 0 saturated heterocycles. The molecule has 2 N–H and O–H groups in total. The van der Waals surface area contributed by atoms with E-state index in [-0.39, 0.29) is 5.91 Å². The van der Waals surface area contributed by atoms with E-state index in [1.54, 1.807) is 37.4 Å². The standard InChI is InChI=1S/C20H18ClN3O3/c1-26-17-9-8-14(11-15(17)21)23-20(25)13-7-10-19(22-12-13)24-16-5-3-4-6-18(16)27-2/h3-12H,1-2H3,(H,22,24)(H,23,25). The van der Waals surface area contributed by atoms with Crippen LogP contribution in [-0.4, -0.2) is 25.1 Å².